The summed E-state index contributed by atoms with van der Waals surface area (Å²) in [6.45, 7) is 2.21. The topological polar surface area (TPSA) is 68.3 Å². The van der Waals surface area contributed by atoms with Crippen molar-refractivity contribution in [2.45, 2.75) is 13.5 Å². The van der Waals surface area contributed by atoms with Crippen molar-refractivity contribution in [2.75, 3.05) is 5.32 Å². The van der Waals surface area contributed by atoms with Crippen LogP contribution in [0.15, 0.2) is 39.4 Å². The minimum atomic E-state index is -0.396. The van der Waals surface area contributed by atoms with E-state index < -0.39 is 4.92 Å². The van der Waals surface area contributed by atoms with E-state index >= 15 is 0 Å². The Hall–Kier alpha value is -1.82. The molecule has 1 N–H and O–H groups in total. The van der Waals surface area contributed by atoms with E-state index in [2.05, 4.69) is 21.2 Å². The van der Waals surface area contributed by atoms with Gasteiger partial charge in [-0.25, -0.2) is 0 Å². The highest BCUT2D eigenvalue weighted by atomic mass is 79.9. The molecule has 6 heteroatoms. The number of rotatable bonds is 4. The molecular formula is C12H11BrN2O3. The van der Waals surface area contributed by atoms with E-state index in [4.69, 9.17) is 4.42 Å². The number of nitro benzene ring substituents is 1. The number of nitrogens with zero attached hydrogens (tertiary/aromatic N) is 1. The fourth-order valence-corrected chi connectivity index (χ4v) is 1.91. The summed E-state index contributed by atoms with van der Waals surface area (Å²) in [6.07, 6.45) is 1.56. The molecule has 0 aliphatic heterocycles. The number of hydrogen-bond donors (Lipinski definition) is 1. The molecule has 0 aliphatic rings. The molecule has 1 aromatic carbocycles. The zero-order chi connectivity index (χ0) is 13.1. The molecule has 0 aliphatic carbocycles. The lowest BCUT2D eigenvalue weighted by atomic mass is 10.2. The van der Waals surface area contributed by atoms with Gasteiger partial charge in [-0.2, -0.15) is 0 Å². The van der Waals surface area contributed by atoms with Crippen LogP contribution in [0.5, 0.6) is 0 Å². The maximum atomic E-state index is 10.9. The number of halogens is 1. The Morgan fingerprint density at radius 2 is 2.22 bits per heavy atom. The summed E-state index contributed by atoms with van der Waals surface area (Å²) >= 11 is 3.33. The molecule has 0 amide bonds. The van der Waals surface area contributed by atoms with Crippen molar-refractivity contribution in [3.8, 4) is 0 Å². The molecule has 0 spiro atoms. The van der Waals surface area contributed by atoms with Gasteiger partial charge >= 0.3 is 0 Å². The third kappa shape index (κ3) is 2.70. The van der Waals surface area contributed by atoms with Gasteiger partial charge in [-0.1, -0.05) is 6.07 Å². The monoisotopic (exact) mass is 310 g/mol. The van der Waals surface area contributed by atoms with Gasteiger partial charge in [-0.15, -0.1) is 0 Å². The first-order chi connectivity index (χ1) is 8.58. The molecule has 0 atom stereocenters. The average molecular weight is 311 g/mol. The second kappa shape index (κ2) is 5.22. The fourth-order valence-electron chi connectivity index (χ4n) is 1.57. The van der Waals surface area contributed by atoms with Crippen molar-refractivity contribution in [1.82, 2.24) is 0 Å². The lowest BCUT2D eigenvalue weighted by Gasteiger charge is -2.06. The van der Waals surface area contributed by atoms with Crippen LogP contribution in [0.25, 0.3) is 0 Å². The van der Waals surface area contributed by atoms with Gasteiger partial charge in [0.15, 0.2) is 0 Å². The summed E-state index contributed by atoms with van der Waals surface area (Å²) in [5.41, 5.74) is 1.40. The van der Waals surface area contributed by atoms with E-state index in [9.17, 15) is 10.1 Å². The average Bonchev–Trinajstić information content (AvgIpc) is 2.73. The van der Waals surface area contributed by atoms with Crippen molar-refractivity contribution in [1.29, 1.82) is 0 Å². The standard InChI is InChI=1S/C12H11BrN2O3/c1-8-2-3-10(11(6-8)15(16)17)14-7-12-9(13)4-5-18-12/h2-6,14H,7H2,1H3. The molecule has 1 heterocycles. The quantitative estimate of drug-likeness (QED) is 0.687. The first-order valence-corrected chi connectivity index (χ1v) is 6.08. The van der Waals surface area contributed by atoms with Crippen LogP contribution in [-0.4, -0.2) is 4.92 Å². The number of nitrogens with one attached hydrogen (secondary N) is 1. The smallest absolute Gasteiger partial charge is 0.292 e. The van der Waals surface area contributed by atoms with E-state index in [0.717, 1.165) is 10.0 Å². The van der Waals surface area contributed by atoms with Gasteiger partial charge in [0.25, 0.3) is 5.69 Å². The van der Waals surface area contributed by atoms with Gasteiger partial charge in [0.2, 0.25) is 0 Å². The highest BCUT2D eigenvalue weighted by molar-refractivity contribution is 9.10. The Balaban J connectivity index is 2.19. The molecule has 0 saturated heterocycles. The lowest BCUT2D eigenvalue weighted by Crippen LogP contribution is -2.02. The van der Waals surface area contributed by atoms with E-state index in [1.54, 1.807) is 24.5 Å². The van der Waals surface area contributed by atoms with Crippen LogP contribution in [0.2, 0.25) is 0 Å². The second-order valence-corrected chi connectivity index (χ2v) is 4.68. The molecule has 0 radical (unpaired) electrons. The fraction of sp³-hybridized carbons (Fsp3) is 0.167. The highest BCUT2D eigenvalue weighted by Gasteiger charge is 2.14. The van der Waals surface area contributed by atoms with Gasteiger partial charge in [0, 0.05) is 6.07 Å². The Morgan fingerprint density at radius 3 is 2.83 bits per heavy atom. The summed E-state index contributed by atoms with van der Waals surface area (Å²) in [7, 11) is 0. The summed E-state index contributed by atoms with van der Waals surface area (Å²) < 4.78 is 6.07. The molecular weight excluding hydrogens is 300 g/mol. The van der Waals surface area contributed by atoms with Crippen LogP contribution in [0, 0.1) is 17.0 Å². The number of anilines is 1. The van der Waals surface area contributed by atoms with E-state index in [1.165, 1.54) is 0 Å². The van der Waals surface area contributed by atoms with Crippen molar-refractivity contribution >= 4 is 27.3 Å². The molecule has 94 valence electrons. The summed E-state index contributed by atoms with van der Waals surface area (Å²) in [5.74, 6) is 0.699. The maximum absolute atomic E-state index is 10.9. The third-order valence-electron chi connectivity index (χ3n) is 2.48. The van der Waals surface area contributed by atoms with Gasteiger partial charge in [-0.3, -0.25) is 10.1 Å². The van der Waals surface area contributed by atoms with Crippen LogP contribution < -0.4 is 5.32 Å². The molecule has 0 saturated carbocycles. The van der Waals surface area contributed by atoms with Crippen molar-refractivity contribution < 1.29 is 9.34 Å². The minimum absolute atomic E-state index is 0.0673. The molecule has 5 nitrogen and oxygen atoms in total. The minimum Gasteiger partial charge on any atom is -0.466 e. The normalized spacial score (nSPS) is 10.3. The van der Waals surface area contributed by atoms with Crippen molar-refractivity contribution in [3.63, 3.8) is 0 Å². The highest BCUT2D eigenvalue weighted by Crippen LogP contribution is 2.27. The largest absolute Gasteiger partial charge is 0.466 e. The van der Waals surface area contributed by atoms with Crippen LogP contribution >= 0.6 is 15.9 Å². The predicted octanol–water partition coefficient (Wildman–Crippen LogP) is 3.87. The summed E-state index contributed by atoms with van der Waals surface area (Å²) in [5, 5.41) is 13.9. The molecule has 2 rings (SSSR count). The maximum Gasteiger partial charge on any atom is 0.292 e. The van der Waals surface area contributed by atoms with Gasteiger partial charge < -0.3 is 9.73 Å². The van der Waals surface area contributed by atoms with Gasteiger partial charge in [0.1, 0.15) is 11.4 Å². The van der Waals surface area contributed by atoms with E-state index in [1.807, 2.05) is 13.0 Å². The predicted molar refractivity (Wildman–Crippen MR) is 71.6 cm³/mol. The Bertz CT molecular complexity index is 580. The van der Waals surface area contributed by atoms with Crippen LogP contribution in [0.3, 0.4) is 0 Å². The van der Waals surface area contributed by atoms with Gasteiger partial charge in [0.05, 0.1) is 22.2 Å². The zero-order valence-electron chi connectivity index (χ0n) is 9.64. The number of aryl methyl sites for hydroxylation is 1. The molecule has 0 unspecified atom stereocenters. The van der Waals surface area contributed by atoms with Crippen LogP contribution in [0.1, 0.15) is 11.3 Å². The van der Waals surface area contributed by atoms with E-state index in [-0.39, 0.29) is 5.69 Å². The van der Waals surface area contributed by atoms with Crippen molar-refractivity contribution in [3.05, 3.63) is 56.4 Å². The molecule has 1 aromatic heterocycles. The Morgan fingerprint density at radius 1 is 1.44 bits per heavy atom. The van der Waals surface area contributed by atoms with Crippen LogP contribution in [0.4, 0.5) is 11.4 Å². The molecule has 0 bridgehead atoms. The first kappa shape index (κ1) is 12.6. The zero-order valence-corrected chi connectivity index (χ0v) is 11.2. The first-order valence-electron chi connectivity index (χ1n) is 5.28. The molecule has 0 fully saturated rings. The SMILES string of the molecule is Cc1ccc(NCc2occc2Br)c([N+](=O)[O-])c1. The molecule has 18 heavy (non-hydrogen) atoms. The molecule has 2 aromatic rings. The second-order valence-electron chi connectivity index (χ2n) is 3.82. The number of hydrogen-bond acceptors (Lipinski definition) is 4. The summed E-state index contributed by atoms with van der Waals surface area (Å²) in [4.78, 5) is 10.5. The number of benzene rings is 1. The Labute approximate surface area is 112 Å². The number of furan rings is 1. The van der Waals surface area contributed by atoms with Gasteiger partial charge in [-0.05, 0) is 40.5 Å². The number of nitro groups is 1. The lowest BCUT2D eigenvalue weighted by molar-refractivity contribution is -0.384. The van der Waals surface area contributed by atoms with Crippen molar-refractivity contribution in [2.24, 2.45) is 0 Å². The Kier molecular flexibility index (Phi) is 3.66. The van der Waals surface area contributed by atoms with E-state index in [0.29, 0.717) is 18.0 Å². The third-order valence-corrected chi connectivity index (χ3v) is 3.19. The summed E-state index contributed by atoms with van der Waals surface area (Å²) in [6, 6.07) is 6.84. The van der Waals surface area contributed by atoms with Crippen LogP contribution in [-0.2, 0) is 6.54 Å².